The maximum atomic E-state index is 6.20. The second-order valence-electron chi connectivity index (χ2n) is 5.56. The molecule has 2 aromatic rings. The van der Waals surface area contributed by atoms with Crippen molar-refractivity contribution in [3.63, 3.8) is 0 Å². The second-order valence-corrected chi connectivity index (χ2v) is 5.56. The highest BCUT2D eigenvalue weighted by Gasteiger charge is 2.28. The van der Waals surface area contributed by atoms with Crippen LogP contribution >= 0.6 is 0 Å². The zero-order valence-electron chi connectivity index (χ0n) is 12.3. The van der Waals surface area contributed by atoms with Crippen molar-refractivity contribution < 1.29 is 4.74 Å². The average molecular weight is 267 g/mol. The van der Waals surface area contributed by atoms with Crippen molar-refractivity contribution in [2.75, 3.05) is 7.05 Å². The quantitative estimate of drug-likeness (QED) is 0.885. The fraction of sp³-hybridized carbons (Fsp3) is 0.333. The highest BCUT2D eigenvalue weighted by Crippen LogP contribution is 2.40. The predicted octanol–water partition coefficient (Wildman–Crippen LogP) is 4.09. The molecule has 1 aliphatic rings. The molecule has 0 amide bonds. The van der Waals surface area contributed by atoms with E-state index in [1.54, 1.807) is 0 Å². The van der Waals surface area contributed by atoms with Gasteiger partial charge < -0.3 is 10.1 Å². The minimum Gasteiger partial charge on any atom is -0.485 e. The van der Waals surface area contributed by atoms with Gasteiger partial charge in [0.1, 0.15) is 11.9 Å². The molecule has 0 saturated carbocycles. The second kappa shape index (κ2) is 5.29. The summed E-state index contributed by atoms with van der Waals surface area (Å²) in [5.74, 6) is 1.00. The smallest absolute Gasteiger partial charge is 0.126 e. The van der Waals surface area contributed by atoms with Crippen LogP contribution in [0.25, 0.3) is 0 Å². The van der Waals surface area contributed by atoms with Crippen molar-refractivity contribution in [2.24, 2.45) is 0 Å². The Kier molecular flexibility index (Phi) is 3.49. The van der Waals surface area contributed by atoms with Crippen LogP contribution in [-0.2, 0) is 0 Å². The van der Waals surface area contributed by atoms with Gasteiger partial charge in [0.25, 0.3) is 0 Å². The fourth-order valence-electron chi connectivity index (χ4n) is 2.86. The van der Waals surface area contributed by atoms with E-state index in [1.165, 1.54) is 22.3 Å². The zero-order valence-corrected chi connectivity index (χ0v) is 12.3. The lowest BCUT2D eigenvalue weighted by molar-refractivity contribution is 0.154. The largest absolute Gasteiger partial charge is 0.485 e. The lowest BCUT2D eigenvalue weighted by atomic mass is 9.92. The predicted molar refractivity (Wildman–Crippen MR) is 82.1 cm³/mol. The molecule has 2 heteroatoms. The van der Waals surface area contributed by atoms with E-state index in [0.717, 1.165) is 12.2 Å². The molecule has 2 unspecified atom stereocenters. The summed E-state index contributed by atoms with van der Waals surface area (Å²) in [5.41, 5.74) is 5.18. The summed E-state index contributed by atoms with van der Waals surface area (Å²) in [6.07, 6.45) is 1.09. The van der Waals surface area contributed by atoms with Gasteiger partial charge in [-0.3, -0.25) is 0 Å². The number of para-hydroxylation sites is 1. The van der Waals surface area contributed by atoms with Gasteiger partial charge in [-0.25, -0.2) is 0 Å². The van der Waals surface area contributed by atoms with E-state index in [0.29, 0.717) is 6.04 Å². The minimum absolute atomic E-state index is 0.127. The molecular formula is C18H21NO. The Morgan fingerprint density at radius 2 is 1.85 bits per heavy atom. The average Bonchev–Trinajstić information content (AvgIpc) is 2.49. The van der Waals surface area contributed by atoms with Crippen LogP contribution in [0.4, 0.5) is 0 Å². The van der Waals surface area contributed by atoms with Crippen LogP contribution in [0.5, 0.6) is 5.75 Å². The van der Waals surface area contributed by atoms with E-state index in [4.69, 9.17) is 4.74 Å². The molecule has 1 heterocycles. The van der Waals surface area contributed by atoms with Gasteiger partial charge in [-0.2, -0.15) is 0 Å². The van der Waals surface area contributed by atoms with Crippen molar-refractivity contribution in [3.8, 4) is 5.75 Å². The zero-order chi connectivity index (χ0) is 14.1. The first-order chi connectivity index (χ1) is 9.69. The van der Waals surface area contributed by atoms with Crippen LogP contribution in [0.1, 0.15) is 40.8 Å². The molecule has 0 spiro atoms. The Balaban J connectivity index is 1.95. The van der Waals surface area contributed by atoms with Crippen molar-refractivity contribution in [1.82, 2.24) is 5.32 Å². The first-order valence-corrected chi connectivity index (χ1v) is 7.19. The molecule has 2 aromatic carbocycles. The first-order valence-electron chi connectivity index (χ1n) is 7.19. The van der Waals surface area contributed by atoms with Crippen LogP contribution in [0.2, 0.25) is 0 Å². The lowest BCUT2D eigenvalue weighted by Gasteiger charge is -2.32. The Morgan fingerprint density at radius 3 is 2.60 bits per heavy atom. The summed E-state index contributed by atoms with van der Waals surface area (Å²) in [6.45, 7) is 4.30. The van der Waals surface area contributed by atoms with Gasteiger partial charge in [0.15, 0.2) is 0 Å². The number of aryl methyl sites for hydroxylation is 2. The Morgan fingerprint density at radius 1 is 1.05 bits per heavy atom. The van der Waals surface area contributed by atoms with Gasteiger partial charge in [0, 0.05) is 18.0 Å². The van der Waals surface area contributed by atoms with E-state index in [9.17, 15) is 0 Å². The molecule has 3 rings (SSSR count). The molecule has 0 saturated heterocycles. The Bertz CT molecular complexity index is 621. The van der Waals surface area contributed by atoms with Crippen molar-refractivity contribution in [3.05, 3.63) is 64.7 Å². The molecule has 20 heavy (non-hydrogen) atoms. The van der Waals surface area contributed by atoms with E-state index in [1.807, 2.05) is 13.1 Å². The van der Waals surface area contributed by atoms with Gasteiger partial charge in [0.2, 0.25) is 0 Å². The third-order valence-electron chi connectivity index (χ3n) is 4.26. The van der Waals surface area contributed by atoms with Crippen LogP contribution in [0, 0.1) is 13.8 Å². The van der Waals surface area contributed by atoms with E-state index >= 15 is 0 Å². The summed E-state index contributed by atoms with van der Waals surface area (Å²) in [5, 5.41) is 3.41. The summed E-state index contributed by atoms with van der Waals surface area (Å²) in [7, 11) is 2.02. The standard InChI is InChI=1S/C18H21NO/c1-12-8-9-14(10-13(12)2)18-11-16(19-3)15-6-4-5-7-17(15)20-18/h4-10,16,18-19H,11H2,1-3H3. The summed E-state index contributed by atoms with van der Waals surface area (Å²) >= 11 is 0. The van der Waals surface area contributed by atoms with Gasteiger partial charge in [-0.05, 0) is 43.7 Å². The molecule has 1 N–H and O–H groups in total. The molecular weight excluding hydrogens is 246 g/mol. The maximum absolute atomic E-state index is 6.20. The number of nitrogens with one attached hydrogen (secondary N) is 1. The van der Waals surface area contributed by atoms with E-state index in [2.05, 4.69) is 55.6 Å². The number of rotatable bonds is 2. The van der Waals surface area contributed by atoms with Crippen molar-refractivity contribution >= 4 is 0 Å². The number of benzene rings is 2. The molecule has 2 nitrogen and oxygen atoms in total. The van der Waals surface area contributed by atoms with Crippen LogP contribution in [-0.4, -0.2) is 7.05 Å². The summed E-state index contributed by atoms with van der Waals surface area (Å²) in [4.78, 5) is 0. The van der Waals surface area contributed by atoms with Gasteiger partial charge in [0.05, 0.1) is 0 Å². The van der Waals surface area contributed by atoms with Gasteiger partial charge >= 0.3 is 0 Å². The lowest BCUT2D eigenvalue weighted by Crippen LogP contribution is -2.26. The van der Waals surface area contributed by atoms with Crippen molar-refractivity contribution in [2.45, 2.75) is 32.4 Å². The SMILES string of the molecule is CNC1CC(c2ccc(C)c(C)c2)Oc2ccccc21. The maximum Gasteiger partial charge on any atom is 0.126 e. The monoisotopic (exact) mass is 267 g/mol. The third kappa shape index (κ3) is 2.32. The normalized spacial score (nSPS) is 21.1. The van der Waals surface area contributed by atoms with Crippen LogP contribution < -0.4 is 10.1 Å². The van der Waals surface area contributed by atoms with Crippen molar-refractivity contribution in [1.29, 1.82) is 0 Å². The fourth-order valence-corrected chi connectivity index (χ4v) is 2.86. The molecule has 0 bridgehead atoms. The minimum atomic E-state index is 0.127. The first kappa shape index (κ1) is 13.2. The van der Waals surface area contributed by atoms with Crippen LogP contribution in [0.15, 0.2) is 42.5 Å². The number of ether oxygens (including phenoxy) is 1. The molecule has 1 aliphatic heterocycles. The Labute approximate surface area is 120 Å². The number of fused-ring (bicyclic) bond motifs is 1. The molecule has 0 fully saturated rings. The number of hydrogen-bond acceptors (Lipinski definition) is 2. The van der Waals surface area contributed by atoms with Gasteiger partial charge in [-0.1, -0.05) is 36.4 Å². The molecule has 2 atom stereocenters. The topological polar surface area (TPSA) is 21.3 Å². The highest BCUT2D eigenvalue weighted by molar-refractivity contribution is 5.40. The van der Waals surface area contributed by atoms with E-state index in [-0.39, 0.29) is 6.10 Å². The Hall–Kier alpha value is -1.80. The molecule has 0 radical (unpaired) electrons. The number of hydrogen-bond donors (Lipinski definition) is 1. The van der Waals surface area contributed by atoms with E-state index < -0.39 is 0 Å². The highest BCUT2D eigenvalue weighted by atomic mass is 16.5. The summed E-state index contributed by atoms with van der Waals surface area (Å²) < 4.78 is 6.20. The van der Waals surface area contributed by atoms with Gasteiger partial charge in [-0.15, -0.1) is 0 Å². The van der Waals surface area contributed by atoms with Crippen LogP contribution in [0.3, 0.4) is 0 Å². The molecule has 0 aromatic heterocycles. The third-order valence-corrected chi connectivity index (χ3v) is 4.26. The molecule has 104 valence electrons. The molecule has 0 aliphatic carbocycles. The summed E-state index contributed by atoms with van der Waals surface area (Å²) in [6, 6.07) is 15.3.